The predicted octanol–water partition coefficient (Wildman–Crippen LogP) is 2.12. The predicted molar refractivity (Wildman–Crippen MR) is 109 cm³/mol. The van der Waals surface area contributed by atoms with Gasteiger partial charge in [0.25, 0.3) is 5.91 Å². The molecule has 1 aromatic carbocycles. The largest absolute Gasteiger partial charge is 0.353 e. The summed E-state index contributed by atoms with van der Waals surface area (Å²) in [5.74, 6) is 0.831. The number of benzene rings is 1. The second-order valence-corrected chi connectivity index (χ2v) is 8.64. The fourth-order valence-electron chi connectivity index (χ4n) is 3.05. The Kier molecular flexibility index (Phi) is 6.31. The van der Waals surface area contributed by atoms with Crippen molar-refractivity contribution in [1.29, 1.82) is 0 Å². The Morgan fingerprint density at radius 1 is 1.11 bits per heavy atom. The summed E-state index contributed by atoms with van der Waals surface area (Å²) in [7, 11) is -3.57. The third-order valence-corrected chi connectivity index (χ3v) is 6.53. The van der Waals surface area contributed by atoms with Crippen LogP contribution < -0.4 is 9.62 Å². The van der Waals surface area contributed by atoms with Gasteiger partial charge in [-0.15, -0.1) is 0 Å². The SMILES string of the molecule is CCC(C)NS(=O)(=O)c1ccc(C(=O)N2CCN(c3ccccn3)CC2)cc1. The van der Waals surface area contributed by atoms with E-state index in [1.54, 1.807) is 23.2 Å². The number of anilines is 1. The number of carbonyl (C=O) groups excluding carboxylic acids is 1. The van der Waals surface area contributed by atoms with Crippen molar-refractivity contribution < 1.29 is 13.2 Å². The summed E-state index contributed by atoms with van der Waals surface area (Å²) in [4.78, 5) is 21.2. The molecule has 0 saturated carbocycles. The van der Waals surface area contributed by atoms with E-state index >= 15 is 0 Å². The van der Waals surface area contributed by atoms with Gasteiger partial charge in [-0.25, -0.2) is 18.1 Å². The fourth-order valence-corrected chi connectivity index (χ4v) is 4.38. The van der Waals surface area contributed by atoms with E-state index in [-0.39, 0.29) is 16.8 Å². The van der Waals surface area contributed by atoms with Gasteiger partial charge in [0.05, 0.1) is 4.90 Å². The molecule has 1 amide bonds. The molecule has 3 rings (SSSR count). The number of nitrogens with one attached hydrogen (secondary N) is 1. The second kappa shape index (κ2) is 8.70. The highest BCUT2D eigenvalue weighted by Gasteiger charge is 2.23. The van der Waals surface area contributed by atoms with Crippen LogP contribution in [-0.4, -0.2) is 56.4 Å². The highest BCUT2D eigenvalue weighted by Crippen LogP contribution is 2.16. The molecule has 0 spiro atoms. The molecular formula is C20H26N4O3S. The number of carbonyl (C=O) groups is 1. The zero-order valence-corrected chi connectivity index (χ0v) is 17.0. The Hall–Kier alpha value is -2.45. The van der Waals surface area contributed by atoms with Crippen LogP contribution >= 0.6 is 0 Å². The van der Waals surface area contributed by atoms with Crippen molar-refractivity contribution in [3.8, 4) is 0 Å². The van der Waals surface area contributed by atoms with Crippen molar-refractivity contribution in [3.63, 3.8) is 0 Å². The Balaban J connectivity index is 1.62. The number of hydrogen-bond acceptors (Lipinski definition) is 5. The van der Waals surface area contributed by atoms with Crippen molar-refractivity contribution in [3.05, 3.63) is 54.2 Å². The van der Waals surface area contributed by atoms with E-state index in [4.69, 9.17) is 0 Å². The van der Waals surface area contributed by atoms with Gasteiger partial charge in [0.1, 0.15) is 5.82 Å². The Morgan fingerprint density at radius 3 is 2.36 bits per heavy atom. The van der Waals surface area contributed by atoms with E-state index in [0.717, 1.165) is 5.82 Å². The van der Waals surface area contributed by atoms with Crippen LogP contribution in [0.3, 0.4) is 0 Å². The molecule has 1 N–H and O–H groups in total. The third kappa shape index (κ3) is 4.69. The summed E-state index contributed by atoms with van der Waals surface area (Å²) in [6.07, 6.45) is 2.47. The molecule has 1 aliphatic heterocycles. The topological polar surface area (TPSA) is 82.6 Å². The van der Waals surface area contributed by atoms with Gasteiger partial charge in [0, 0.05) is 44.0 Å². The van der Waals surface area contributed by atoms with Gasteiger partial charge in [-0.05, 0) is 49.7 Å². The van der Waals surface area contributed by atoms with Gasteiger partial charge in [-0.2, -0.15) is 0 Å². The average Bonchev–Trinajstić information content (AvgIpc) is 2.73. The van der Waals surface area contributed by atoms with Gasteiger partial charge in [-0.3, -0.25) is 4.79 Å². The molecule has 1 unspecified atom stereocenters. The lowest BCUT2D eigenvalue weighted by Gasteiger charge is -2.35. The quantitative estimate of drug-likeness (QED) is 0.800. The van der Waals surface area contributed by atoms with Gasteiger partial charge < -0.3 is 9.80 Å². The van der Waals surface area contributed by atoms with Crippen molar-refractivity contribution in [2.75, 3.05) is 31.1 Å². The van der Waals surface area contributed by atoms with Crippen LogP contribution in [0.15, 0.2) is 53.6 Å². The molecule has 1 atom stereocenters. The first-order valence-corrected chi connectivity index (χ1v) is 11.0. The first kappa shape index (κ1) is 20.3. The molecule has 2 heterocycles. The van der Waals surface area contributed by atoms with E-state index in [1.807, 2.05) is 32.0 Å². The molecule has 8 heteroatoms. The summed E-state index contributed by atoms with van der Waals surface area (Å²) in [6.45, 7) is 6.38. The number of piperazine rings is 1. The number of sulfonamides is 1. The third-order valence-electron chi connectivity index (χ3n) is 4.92. The van der Waals surface area contributed by atoms with Crippen LogP contribution in [0.5, 0.6) is 0 Å². The summed E-state index contributed by atoms with van der Waals surface area (Å²) in [5.41, 5.74) is 0.494. The number of aromatic nitrogens is 1. The first-order chi connectivity index (χ1) is 13.4. The van der Waals surface area contributed by atoms with E-state index in [2.05, 4.69) is 14.6 Å². The number of rotatable bonds is 6. The Labute approximate surface area is 166 Å². The molecule has 7 nitrogen and oxygen atoms in total. The number of hydrogen-bond donors (Lipinski definition) is 1. The van der Waals surface area contributed by atoms with E-state index in [0.29, 0.717) is 38.2 Å². The molecule has 1 fully saturated rings. The maximum atomic E-state index is 12.8. The lowest BCUT2D eigenvalue weighted by Crippen LogP contribution is -2.49. The van der Waals surface area contributed by atoms with Crippen molar-refractivity contribution in [1.82, 2.24) is 14.6 Å². The minimum absolute atomic E-state index is 0.0838. The number of pyridine rings is 1. The standard InChI is InChI=1S/C20H26N4O3S/c1-3-16(2)22-28(26,27)18-9-7-17(8-10-18)20(25)24-14-12-23(13-15-24)19-6-4-5-11-21-19/h4-11,16,22H,3,12-15H2,1-2H3. The molecule has 1 saturated heterocycles. The summed E-state index contributed by atoms with van der Waals surface area (Å²) >= 11 is 0. The lowest BCUT2D eigenvalue weighted by molar-refractivity contribution is 0.0746. The van der Waals surface area contributed by atoms with Crippen LogP contribution in [-0.2, 0) is 10.0 Å². The van der Waals surface area contributed by atoms with Crippen LogP contribution in [0.2, 0.25) is 0 Å². The van der Waals surface area contributed by atoms with E-state index < -0.39 is 10.0 Å². The van der Waals surface area contributed by atoms with Crippen LogP contribution in [0, 0.1) is 0 Å². The molecule has 28 heavy (non-hydrogen) atoms. The minimum atomic E-state index is -3.57. The van der Waals surface area contributed by atoms with Crippen LogP contribution in [0.4, 0.5) is 5.82 Å². The van der Waals surface area contributed by atoms with Crippen molar-refractivity contribution in [2.45, 2.75) is 31.2 Å². The fraction of sp³-hybridized carbons (Fsp3) is 0.400. The van der Waals surface area contributed by atoms with Gasteiger partial charge in [0.15, 0.2) is 0 Å². The molecule has 1 aliphatic rings. The smallest absolute Gasteiger partial charge is 0.253 e. The van der Waals surface area contributed by atoms with Crippen molar-refractivity contribution in [2.24, 2.45) is 0 Å². The normalized spacial score (nSPS) is 16.1. The highest BCUT2D eigenvalue weighted by molar-refractivity contribution is 7.89. The molecule has 1 aromatic heterocycles. The van der Waals surface area contributed by atoms with Gasteiger partial charge in [0.2, 0.25) is 10.0 Å². The molecule has 0 bridgehead atoms. The highest BCUT2D eigenvalue weighted by atomic mass is 32.2. The Morgan fingerprint density at radius 2 is 1.79 bits per heavy atom. The second-order valence-electron chi connectivity index (χ2n) is 6.92. The summed E-state index contributed by atoms with van der Waals surface area (Å²) in [6, 6.07) is 11.8. The maximum Gasteiger partial charge on any atom is 0.253 e. The maximum absolute atomic E-state index is 12.8. The summed E-state index contributed by atoms with van der Waals surface area (Å²) < 4.78 is 27.3. The molecule has 2 aromatic rings. The first-order valence-electron chi connectivity index (χ1n) is 9.48. The Bertz CT molecular complexity index is 893. The van der Waals surface area contributed by atoms with Gasteiger partial charge in [-0.1, -0.05) is 13.0 Å². The molecule has 150 valence electrons. The van der Waals surface area contributed by atoms with Crippen LogP contribution in [0.1, 0.15) is 30.6 Å². The zero-order valence-electron chi connectivity index (χ0n) is 16.2. The van der Waals surface area contributed by atoms with E-state index in [1.165, 1.54) is 12.1 Å². The summed E-state index contributed by atoms with van der Waals surface area (Å²) in [5, 5.41) is 0. The zero-order chi connectivity index (χ0) is 20.1. The molecule has 0 radical (unpaired) electrons. The van der Waals surface area contributed by atoms with Crippen molar-refractivity contribution >= 4 is 21.7 Å². The molecular weight excluding hydrogens is 376 g/mol. The number of amides is 1. The average molecular weight is 403 g/mol. The monoisotopic (exact) mass is 402 g/mol. The molecule has 0 aliphatic carbocycles. The number of nitrogens with zero attached hydrogens (tertiary/aromatic N) is 3. The van der Waals surface area contributed by atoms with Crippen LogP contribution in [0.25, 0.3) is 0 Å². The lowest BCUT2D eigenvalue weighted by atomic mass is 10.2. The minimum Gasteiger partial charge on any atom is -0.353 e. The van der Waals surface area contributed by atoms with Gasteiger partial charge >= 0.3 is 0 Å². The van der Waals surface area contributed by atoms with E-state index in [9.17, 15) is 13.2 Å².